The first-order valence-corrected chi connectivity index (χ1v) is 29.3. The molecule has 0 spiro atoms. The van der Waals surface area contributed by atoms with Crippen molar-refractivity contribution in [2.75, 3.05) is 33.2 Å². The van der Waals surface area contributed by atoms with Crippen molar-refractivity contribution in [3.63, 3.8) is 0 Å². The van der Waals surface area contributed by atoms with Gasteiger partial charge >= 0.3 is 13.3 Å². The number of likely N-dealkylation sites (tertiary alicyclic amines) is 1. The van der Waals surface area contributed by atoms with Crippen molar-refractivity contribution < 1.29 is 66.3 Å². The molecule has 9 rings (SSSR count). The van der Waals surface area contributed by atoms with Gasteiger partial charge in [-0.3, -0.25) is 53.0 Å². The number of nitrogens with one attached hydrogen (secondary N) is 4. The Hall–Kier alpha value is -7.42. The van der Waals surface area contributed by atoms with Crippen LogP contribution >= 0.6 is 18.9 Å². The second-order valence-corrected chi connectivity index (χ2v) is 24.0. The first-order valence-electron chi connectivity index (χ1n) is 26.8. The maximum Gasteiger partial charge on any atom is 0.399 e. The molecule has 4 fully saturated rings. The number of amides is 9. The van der Waals surface area contributed by atoms with Crippen LogP contribution in [0, 0.1) is 17.8 Å². The fourth-order valence-electron chi connectivity index (χ4n) is 11.3. The van der Waals surface area contributed by atoms with Gasteiger partial charge in [0.2, 0.25) is 41.4 Å². The minimum absolute atomic E-state index is 0.0353. The third-order valence-electron chi connectivity index (χ3n) is 15.8. The molecule has 0 saturated carbocycles. The van der Waals surface area contributed by atoms with E-state index in [1.54, 1.807) is 54.4 Å². The van der Waals surface area contributed by atoms with E-state index in [4.69, 9.17) is 5.73 Å². The summed E-state index contributed by atoms with van der Waals surface area (Å²) < 4.78 is 41.0. The number of likely N-dealkylation sites (N-methyl/N-ethyl adjacent to an activating group) is 1. The smallest absolute Gasteiger partial charge is 0.370 e. The first-order chi connectivity index (χ1) is 38.6. The molecule has 428 valence electrons. The number of fused-ring (bicyclic) bond motifs is 3. The molecule has 6 heterocycles. The Labute approximate surface area is 468 Å². The number of hydrogen-bond acceptors (Lipinski definition) is 12. The van der Waals surface area contributed by atoms with Crippen LogP contribution in [0.4, 0.5) is 8.78 Å². The van der Waals surface area contributed by atoms with Crippen LogP contribution in [0.15, 0.2) is 72.8 Å². The van der Waals surface area contributed by atoms with E-state index in [1.165, 1.54) is 21.9 Å². The summed E-state index contributed by atoms with van der Waals surface area (Å²) in [7, 11) is -4.09. The highest BCUT2D eigenvalue weighted by Gasteiger charge is 2.51. The number of benzene rings is 3. The van der Waals surface area contributed by atoms with Crippen molar-refractivity contribution in [1.29, 1.82) is 0 Å². The standard InChI is InChI=1S/C56H62F2N9O12PS/c1-64-25-24-37-13-16-44(67(37)55(76)42(31-64)62-53(74)46-29-35-28-36(12-18-45(35)81-46)56(57,58)80(77,78)79)52(73)61-41(14-19-47(59)68)50(71)60-40(34-6-3-2-4-7-34)15-21-49(70)65-26-22-32(23-27-65)10-11-33-8-5-9-38-39(33)30-66(54(38)75)43-17-20-48(69)63-51(43)72/h2-9,12,18,28-29,32,37,40-44H,13-17,19-27,30-31H2,1H3,(H2,59,68)(H,60,71)(H,61,73)(H,62,74)(H,63,69,72)(H2,77,78,79)/t37-,40?,41?,42+,43?,44+/m1/s1. The third-order valence-corrected chi connectivity index (χ3v) is 17.9. The van der Waals surface area contributed by atoms with Gasteiger partial charge in [0, 0.05) is 78.8 Å². The van der Waals surface area contributed by atoms with E-state index in [1.807, 2.05) is 11.0 Å². The van der Waals surface area contributed by atoms with Gasteiger partial charge in [0.05, 0.1) is 10.9 Å². The minimum Gasteiger partial charge on any atom is -0.370 e. The number of rotatable bonds is 16. The van der Waals surface area contributed by atoms with Gasteiger partial charge in [-0.25, -0.2) is 0 Å². The molecule has 6 atom stereocenters. The Morgan fingerprint density at radius 3 is 2.36 bits per heavy atom. The fraction of sp³-hybridized carbons (Fsp3) is 0.446. The Morgan fingerprint density at radius 1 is 0.889 bits per heavy atom. The van der Waals surface area contributed by atoms with Crippen LogP contribution in [0.1, 0.15) is 119 Å². The third kappa shape index (κ3) is 13.0. The highest BCUT2D eigenvalue weighted by atomic mass is 32.1. The van der Waals surface area contributed by atoms with Crippen molar-refractivity contribution in [2.45, 2.75) is 119 Å². The number of alkyl halides is 2. The van der Waals surface area contributed by atoms with Crippen molar-refractivity contribution in [3.05, 3.63) is 105 Å². The maximum absolute atomic E-state index is 14.6. The Morgan fingerprint density at radius 2 is 1.64 bits per heavy atom. The SMILES string of the molecule is CN1CC[C@H]2CC[C@@H](C(=O)NC(CCC(N)=O)C(=O)NC(CCC(=O)N3CCC(C#Cc4cccc5c4CN(C4CCC(=O)NC4=O)C5=O)CC3)c3ccccc3)N2C(=O)[C@@H](NC(=O)c2cc3cc(C(F)(F)P(=O)(O)O)ccc3s2)C1. The van der Waals surface area contributed by atoms with Gasteiger partial charge in [-0.05, 0) is 112 Å². The molecule has 21 nitrogen and oxygen atoms in total. The molecule has 4 aromatic rings. The number of carbonyl (C=O) groups excluding carboxylic acids is 9. The van der Waals surface area contributed by atoms with E-state index in [0.717, 1.165) is 29.0 Å². The summed E-state index contributed by atoms with van der Waals surface area (Å²) in [6.07, 6.45) is 2.52. The van der Waals surface area contributed by atoms with Crippen molar-refractivity contribution >= 4 is 82.2 Å². The molecule has 5 aliphatic heterocycles. The lowest BCUT2D eigenvalue weighted by molar-refractivity contribution is -0.144. The number of halogens is 2. The number of primary amides is 1. The van der Waals surface area contributed by atoms with Crippen LogP contribution < -0.4 is 27.0 Å². The zero-order valence-electron chi connectivity index (χ0n) is 44.2. The predicted molar refractivity (Wildman–Crippen MR) is 290 cm³/mol. The highest BCUT2D eigenvalue weighted by Crippen LogP contribution is 2.59. The largest absolute Gasteiger partial charge is 0.399 e. The lowest BCUT2D eigenvalue weighted by Gasteiger charge is -2.38. The van der Waals surface area contributed by atoms with Gasteiger partial charge < -0.3 is 51.1 Å². The van der Waals surface area contributed by atoms with Crippen LogP contribution in [0.2, 0.25) is 0 Å². The molecule has 8 N–H and O–H groups in total. The molecule has 4 saturated heterocycles. The van der Waals surface area contributed by atoms with E-state index in [0.29, 0.717) is 66.7 Å². The predicted octanol–water partition coefficient (Wildman–Crippen LogP) is 3.36. The Kier molecular flexibility index (Phi) is 17.5. The molecular formula is C56H62F2N9O12PS. The molecule has 1 aromatic heterocycles. The van der Waals surface area contributed by atoms with Gasteiger partial charge in [0.15, 0.2) is 0 Å². The molecule has 0 radical (unpaired) electrons. The number of nitrogens with zero attached hydrogens (tertiary/aromatic N) is 4. The summed E-state index contributed by atoms with van der Waals surface area (Å²) in [6, 6.07) is 13.1. The summed E-state index contributed by atoms with van der Waals surface area (Å²) in [6.45, 7) is 1.61. The minimum atomic E-state index is -5.86. The van der Waals surface area contributed by atoms with Gasteiger partial charge in [0.1, 0.15) is 24.2 Å². The summed E-state index contributed by atoms with van der Waals surface area (Å²) in [5.74, 6) is 1.95. The Balaban J connectivity index is 0.825. The van der Waals surface area contributed by atoms with Crippen molar-refractivity contribution in [1.82, 2.24) is 40.9 Å². The first kappa shape index (κ1) is 58.2. The molecule has 81 heavy (non-hydrogen) atoms. The average molecular weight is 1150 g/mol. The van der Waals surface area contributed by atoms with Crippen molar-refractivity contribution in [2.24, 2.45) is 11.7 Å². The number of carbonyl (C=O) groups is 9. The number of nitrogens with two attached hydrogens (primary N) is 1. The molecule has 3 aromatic carbocycles. The molecule has 3 unspecified atom stereocenters. The number of imide groups is 1. The van der Waals surface area contributed by atoms with E-state index in [-0.39, 0.29) is 91.9 Å². The van der Waals surface area contributed by atoms with E-state index in [2.05, 4.69) is 33.1 Å². The number of hydrogen-bond donors (Lipinski definition) is 7. The normalized spacial score (nSPS) is 21.7. The van der Waals surface area contributed by atoms with E-state index in [9.17, 15) is 66.3 Å². The number of thiophene rings is 1. The highest BCUT2D eigenvalue weighted by molar-refractivity contribution is 7.52. The van der Waals surface area contributed by atoms with Crippen LogP contribution in [-0.4, -0.2) is 146 Å². The van der Waals surface area contributed by atoms with Crippen LogP contribution in [0.25, 0.3) is 10.1 Å². The number of piperidine rings is 2. The lowest BCUT2D eigenvalue weighted by Crippen LogP contribution is -2.61. The van der Waals surface area contributed by atoms with Gasteiger partial charge in [-0.2, -0.15) is 8.78 Å². The molecule has 5 aliphatic rings. The van der Waals surface area contributed by atoms with Gasteiger partial charge in [-0.15, -0.1) is 11.3 Å². The Bertz CT molecular complexity index is 3280. The molecular weight excluding hydrogens is 1090 g/mol. The van der Waals surface area contributed by atoms with E-state index < -0.39 is 90.5 Å². The summed E-state index contributed by atoms with van der Waals surface area (Å²) in [4.78, 5) is 146. The van der Waals surface area contributed by atoms with E-state index >= 15 is 0 Å². The lowest BCUT2D eigenvalue weighted by atomic mass is 9.95. The summed E-state index contributed by atoms with van der Waals surface area (Å²) in [5.41, 5.74) is 2.70. The monoisotopic (exact) mass is 1150 g/mol. The quantitative estimate of drug-likeness (QED) is 0.0482. The summed E-state index contributed by atoms with van der Waals surface area (Å²) >= 11 is 0.925. The topological polar surface area (TPSA) is 298 Å². The molecule has 0 bridgehead atoms. The fourth-order valence-corrected chi connectivity index (χ4v) is 12.7. The molecule has 0 aliphatic carbocycles. The maximum atomic E-state index is 14.6. The molecule has 25 heteroatoms. The second-order valence-electron chi connectivity index (χ2n) is 21.3. The van der Waals surface area contributed by atoms with Gasteiger partial charge in [-0.1, -0.05) is 54.3 Å². The van der Waals surface area contributed by atoms with Crippen LogP contribution in [0.3, 0.4) is 0 Å². The van der Waals surface area contributed by atoms with Crippen LogP contribution in [0.5, 0.6) is 0 Å². The van der Waals surface area contributed by atoms with Crippen LogP contribution in [-0.2, 0) is 50.3 Å². The zero-order chi connectivity index (χ0) is 57.9. The molecule has 9 amide bonds. The second kappa shape index (κ2) is 24.4. The van der Waals surface area contributed by atoms with Crippen molar-refractivity contribution in [3.8, 4) is 11.8 Å². The zero-order valence-corrected chi connectivity index (χ0v) is 45.9. The van der Waals surface area contributed by atoms with Gasteiger partial charge in [0.25, 0.3) is 11.8 Å². The average Bonchev–Trinajstić information content (AvgIpc) is 4.35. The summed E-state index contributed by atoms with van der Waals surface area (Å²) in [5, 5.41) is 11.0.